The highest BCUT2D eigenvalue weighted by Crippen LogP contribution is 2.30. The molecule has 0 atom stereocenters. The van der Waals surface area contributed by atoms with Crippen LogP contribution in [0.15, 0.2) is 40.1 Å². The van der Waals surface area contributed by atoms with Crippen molar-refractivity contribution in [1.82, 2.24) is 9.88 Å². The van der Waals surface area contributed by atoms with Crippen LogP contribution in [-0.2, 0) is 0 Å². The fourth-order valence-corrected chi connectivity index (χ4v) is 3.49. The molecule has 2 N–H and O–H groups in total. The van der Waals surface area contributed by atoms with E-state index in [2.05, 4.69) is 10.3 Å². The highest BCUT2D eigenvalue weighted by atomic mass is 19.4. The number of H-pyrrole nitrogens is 1. The van der Waals surface area contributed by atoms with Gasteiger partial charge in [0, 0.05) is 43.3 Å². The van der Waals surface area contributed by atoms with Crippen molar-refractivity contribution in [3.63, 3.8) is 0 Å². The smallest absolute Gasteiger partial charge is 0.364 e. The lowest BCUT2D eigenvalue weighted by Gasteiger charge is -2.37. The Labute approximate surface area is 151 Å². The molecule has 1 aliphatic rings. The summed E-state index contributed by atoms with van der Waals surface area (Å²) in [6.07, 6.45) is -2.53. The van der Waals surface area contributed by atoms with Gasteiger partial charge in [-0.2, -0.15) is 13.2 Å². The second-order valence-electron chi connectivity index (χ2n) is 6.63. The molecule has 1 aliphatic heterocycles. The minimum absolute atomic E-state index is 0.185. The number of nitrogens with zero attached hydrogens (tertiary/aromatic N) is 2. The Balaban J connectivity index is 1.52. The van der Waals surface area contributed by atoms with Gasteiger partial charge in [0.05, 0.1) is 12.2 Å². The zero-order valence-corrected chi connectivity index (χ0v) is 14.3. The van der Waals surface area contributed by atoms with Gasteiger partial charge in [-0.3, -0.25) is 14.5 Å². The van der Waals surface area contributed by atoms with Crippen LogP contribution >= 0.6 is 0 Å². The SMILES string of the molecule is O=c1c(Nc2c[nH]c3ccccc23)c(N2CCN(CC(F)(F)F)CC2)c1=O. The first-order chi connectivity index (χ1) is 12.8. The number of rotatable bonds is 4. The first-order valence-corrected chi connectivity index (χ1v) is 8.54. The molecule has 0 saturated carbocycles. The van der Waals surface area contributed by atoms with Gasteiger partial charge in [0.15, 0.2) is 0 Å². The Morgan fingerprint density at radius 3 is 2.44 bits per heavy atom. The van der Waals surface area contributed by atoms with E-state index in [-0.39, 0.29) is 37.6 Å². The van der Waals surface area contributed by atoms with Crippen LogP contribution in [0.5, 0.6) is 0 Å². The molecule has 3 aromatic rings. The topological polar surface area (TPSA) is 68.4 Å². The second kappa shape index (κ2) is 6.41. The molecule has 4 rings (SSSR count). The van der Waals surface area contributed by atoms with E-state index < -0.39 is 23.6 Å². The van der Waals surface area contributed by atoms with E-state index >= 15 is 0 Å². The molecule has 1 aromatic heterocycles. The van der Waals surface area contributed by atoms with Gasteiger partial charge in [0.1, 0.15) is 11.4 Å². The van der Waals surface area contributed by atoms with Gasteiger partial charge in [-0.1, -0.05) is 18.2 Å². The number of para-hydroxylation sites is 1. The summed E-state index contributed by atoms with van der Waals surface area (Å²) < 4.78 is 37.5. The van der Waals surface area contributed by atoms with Crippen molar-refractivity contribution in [2.75, 3.05) is 42.9 Å². The molecule has 2 heterocycles. The van der Waals surface area contributed by atoms with E-state index in [1.165, 1.54) is 4.90 Å². The molecule has 9 heteroatoms. The summed E-state index contributed by atoms with van der Waals surface area (Å²) in [4.78, 5) is 30.2. The zero-order chi connectivity index (χ0) is 19.2. The highest BCUT2D eigenvalue weighted by molar-refractivity contribution is 5.95. The minimum Gasteiger partial charge on any atom is -0.364 e. The number of piperazine rings is 1. The van der Waals surface area contributed by atoms with Crippen LogP contribution in [-0.4, -0.2) is 48.8 Å². The minimum atomic E-state index is -4.24. The molecule has 6 nitrogen and oxygen atoms in total. The Morgan fingerprint density at radius 2 is 1.74 bits per heavy atom. The lowest BCUT2D eigenvalue weighted by molar-refractivity contribution is -0.146. The summed E-state index contributed by atoms with van der Waals surface area (Å²) >= 11 is 0. The summed E-state index contributed by atoms with van der Waals surface area (Å²) in [5.41, 5.74) is 0.830. The molecular weight excluding hydrogens is 361 g/mol. The maximum Gasteiger partial charge on any atom is 0.401 e. The molecule has 1 saturated heterocycles. The van der Waals surface area contributed by atoms with Gasteiger partial charge in [0.2, 0.25) is 0 Å². The van der Waals surface area contributed by atoms with E-state index in [0.29, 0.717) is 5.69 Å². The molecule has 0 spiro atoms. The Kier molecular flexibility index (Phi) is 4.18. The normalized spacial score (nSPS) is 16.3. The monoisotopic (exact) mass is 378 g/mol. The van der Waals surface area contributed by atoms with Crippen molar-refractivity contribution in [1.29, 1.82) is 0 Å². The summed E-state index contributed by atoms with van der Waals surface area (Å²) in [5, 5.41) is 3.90. The number of aromatic nitrogens is 1. The third-order valence-electron chi connectivity index (χ3n) is 4.83. The highest BCUT2D eigenvalue weighted by Gasteiger charge is 2.34. The Bertz CT molecular complexity index is 1040. The van der Waals surface area contributed by atoms with Crippen LogP contribution in [0.3, 0.4) is 0 Å². The quantitative estimate of drug-likeness (QED) is 0.682. The van der Waals surface area contributed by atoms with Crippen LogP contribution in [0.2, 0.25) is 0 Å². The summed E-state index contributed by atoms with van der Waals surface area (Å²) in [7, 11) is 0. The predicted molar refractivity (Wildman–Crippen MR) is 97.6 cm³/mol. The largest absolute Gasteiger partial charge is 0.401 e. The van der Waals surface area contributed by atoms with Crippen LogP contribution < -0.4 is 21.1 Å². The number of halogens is 3. The molecule has 2 aromatic carbocycles. The average molecular weight is 378 g/mol. The maximum absolute atomic E-state index is 12.5. The van der Waals surface area contributed by atoms with Crippen molar-refractivity contribution in [2.24, 2.45) is 0 Å². The number of anilines is 3. The van der Waals surface area contributed by atoms with Crippen molar-refractivity contribution >= 4 is 28.0 Å². The molecule has 0 unspecified atom stereocenters. The van der Waals surface area contributed by atoms with E-state index in [1.54, 1.807) is 11.1 Å². The number of hydrogen-bond donors (Lipinski definition) is 2. The van der Waals surface area contributed by atoms with Gasteiger partial charge in [0.25, 0.3) is 10.9 Å². The molecule has 142 valence electrons. The Morgan fingerprint density at radius 1 is 1.04 bits per heavy atom. The first kappa shape index (κ1) is 17.6. The number of hydrogen-bond acceptors (Lipinski definition) is 5. The molecule has 0 amide bonds. The van der Waals surface area contributed by atoms with Gasteiger partial charge in [-0.05, 0) is 6.07 Å². The maximum atomic E-state index is 12.5. The fourth-order valence-electron chi connectivity index (χ4n) is 3.49. The van der Waals surface area contributed by atoms with Crippen LogP contribution in [0.25, 0.3) is 10.9 Å². The van der Waals surface area contributed by atoms with Crippen LogP contribution in [0.4, 0.5) is 30.2 Å². The first-order valence-electron chi connectivity index (χ1n) is 8.54. The van der Waals surface area contributed by atoms with Gasteiger partial charge in [-0.15, -0.1) is 0 Å². The second-order valence-corrected chi connectivity index (χ2v) is 6.63. The molecule has 1 fully saturated rings. The molecule has 0 aliphatic carbocycles. The summed E-state index contributed by atoms with van der Waals surface area (Å²) in [6, 6.07) is 7.52. The van der Waals surface area contributed by atoms with E-state index in [1.807, 2.05) is 24.3 Å². The number of fused-ring (bicyclic) bond motifs is 1. The number of nitrogens with one attached hydrogen (secondary N) is 2. The lowest BCUT2D eigenvalue weighted by Crippen LogP contribution is -2.53. The van der Waals surface area contributed by atoms with Gasteiger partial charge < -0.3 is 15.2 Å². The molecule has 0 bridgehead atoms. The van der Waals surface area contributed by atoms with Crippen LogP contribution in [0, 0.1) is 0 Å². The summed E-state index contributed by atoms with van der Waals surface area (Å²) in [5.74, 6) is 0. The van der Waals surface area contributed by atoms with Crippen molar-refractivity contribution in [2.45, 2.75) is 6.18 Å². The third-order valence-corrected chi connectivity index (χ3v) is 4.83. The number of alkyl halides is 3. The van der Waals surface area contributed by atoms with Crippen molar-refractivity contribution in [3.05, 3.63) is 50.9 Å². The molecular formula is C18H17F3N4O2. The third kappa shape index (κ3) is 3.30. The van der Waals surface area contributed by atoms with E-state index in [4.69, 9.17) is 0 Å². The zero-order valence-electron chi connectivity index (χ0n) is 14.3. The molecule has 27 heavy (non-hydrogen) atoms. The molecule has 0 radical (unpaired) electrons. The van der Waals surface area contributed by atoms with Gasteiger partial charge >= 0.3 is 6.18 Å². The van der Waals surface area contributed by atoms with E-state index in [9.17, 15) is 22.8 Å². The predicted octanol–water partition coefficient (Wildman–Crippen LogP) is 2.19. The van der Waals surface area contributed by atoms with Crippen LogP contribution in [0.1, 0.15) is 0 Å². The number of aromatic amines is 1. The van der Waals surface area contributed by atoms with Gasteiger partial charge in [-0.25, -0.2) is 0 Å². The Hall–Kier alpha value is -2.81. The summed E-state index contributed by atoms with van der Waals surface area (Å²) in [6.45, 7) is -0.0596. The van der Waals surface area contributed by atoms with Crippen molar-refractivity contribution in [3.8, 4) is 0 Å². The van der Waals surface area contributed by atoms with Crippen molar-refractivity contribution < 1.29 is 13.2 Å². The number of benzene rings is 1. The van der Waals surface area contributed by atoms with E-state index in [0.717, 1.165) is 10.9 Å². The fraction of sp³-hybridized carbons (Fsp3) is 0.333. The standard InChI is InChI=1S/C18H17F3N4O2/c19-18(20,21)10-24-5-7-25(8-6-24)15-14(16(26)17(15)27)23-13-9-22-12-4-2-1-3-11(12)13/h1-4,9,22-23H,5-8,10H2. The lowest BCUT2D eigenvalue weighted by atomic mass is 10.1. The average Bonchev–Trinajstić information content (AvgIpc) is 3.04.